The van der Waals surface area contributed by atoms with Gasteiger partial charge in [0.25, 0.3) is 0 Å². The van der Waals surface area contributed by atoms with Crippen LogP contribution in [-0.2, 0) is 9.53 Å². The minimum atomic E-state index is -0.0607. The van der Waals surface area contributed by atoms with Crippen molar-refractivity contribution in [2.75, 3.05) is 13.2 Å². The molecule has 0 radical (unpaired) electrons. The fourth-order valence-corrected chi connectivity index (χ4v) is 0.989. The third-order valence-electron chi connectivity index (χ3n) is 2.16. The summed E-state index contributed by atoms with van der Waals surface area (Å²) in [5.41, 5.74) is 5.77. The first-order valence-corrected chi connectivity index (χ1v) is 5.32. The van der Waals surface area contributed by atoms with Gasteiger partial charge in [-0.3, -0.25) is 4.79 Å². The highest BCUT2D eigenvalue weighted by Crippen LogP contribution is 2.02. The number of amides is 1. The van der Waals surface area contributed by atoms with E-state index in [9.17, 15) is 4.79 Å². The van der Waals surface area contributed by atoms with Crippen molar-refractivity contribution in [3.05, 3.63) is 12.8 Å². The van der Waals surface area contributed by atoms with E-state index in [0.29, 0.717) is 25.5 Å². The van der Waals surface area contributed by atoms with Crippen LogP contribution in [0.3, 0.4) is 0 Å². The second kappa shape index (κ2) is 8.29. The van der Waals surface area contributed by atoms with Crippen molar-refractivity contribution in [3.8, 4) is 0 Å². The Kier molecular flexibility index (Phi) is 7.72. The number of carbonyl (C=O) groups excluding carboxylic acids is 1. The molecule has 1 unspecified atom stereocenters. The molecule has 0 aromatic rings. The predicted molar refractivity (Wildman–Crippen MR) is 61.2 cm³/mol. The van der Waals surface area contributed by atoms with E-state index in [-0.39, 0.29) is 11.9 Å². The molecular weight excluding hydrogens is 192 g/mol. The molecule has 0 aliphatic carbocycles. The molecule has 4 heteroatoms. The first-order chi connectivity index (χ1) is 7.07. The first-order valence-electron chi connectivity index (χ1n) is 5.32. The highest BCUT2D eigenvalue weighted by molar-refractivity contribution is 5.76. The lowest BCUT2D eigenvalue weighted by molar-refractivity contribution is -0.121. The number of nitrogens with one attached hydrogen (secondary N) is 1. The molecule has 0 aliphatic rings. The van der Waals surface area contributed by atoms with Crippen LogP contribution in [-0.4, -0.2) is 25.1 Å². The predicted octanol–water partition coefficient (Wildman–Crippen LogP) is 1.03. The van der Waals surface area contributed by atoms with E-state index in [2.05, 4.69) is 11.9 Å². The second-order valence-electron chi connectivity index (χ2n) is 3.85. The molecule has 0 bridgehead atoms. The molecular formula is C11H22N2O2. The Morgan fingerprint density at radius 2 is 2.27 bits per heavy atom. The number of ether oxygens (including phenoxy) is 1. The van der Waals surface area contributed by atoms with Crippen molar-refractivity contribution in [1.82, 2.24) is 5.32 Å². The fraction of sp³-hybridized carbons (Fsp3) is 0.727. The molecule has 15 heavy (non-hydrogen) atoms. The van der Waals surface area contributed by atoms with Crippen LogP contribution in [0.4, 0.5) is 0 Å². The largest absolute Gasteiger partial charge is 0.502 e. The van der Waals surface area contributed by atoms with Crippen LogP contribution >= 0.6 is 0 Å². The van der Waals surface area contributed by atoms with Crippen molar-refractivity contribution >= 4 is 5.91 Å². The lowest BCUT2D eigenvalue weighted by atomic mass is 10.0. The fourth-order valence-electron chi connectivity index (χ4n) is 0.989. The van der Waals surface area contributed by atoms with Crippen molar-refractivity contribution in [2.24, 2.45) is 11.7 Å². The van der Waals surface area contributed by atoms with Gasteiger partial charge in [0.1, 0.15) is 0 Å². The Balaban J connectivity index is 3.45. The molecule has 1 atom stereocenters. The number of rotatable bonds is 8. The van der Waals surface area contributed by atoms with Gasteiger partial charge in [-0.25, -0.2) is 0 Å². The van der Waals surface area contributed by atoms with E-state index in [1.165, 1.54) is 6.26 Å². The Morgan fingerprint density at radius 3 is 2.80 bits per heavy atom. The van der Waals surface area contributed by atoms with E-state index in [1.54, 1.807) is 0 Å². The average molecular weight is 214 g/mol. The monoisotopic (exact) mass is 214 g/mol. The summed E-state index contributed by atoms with van der Waals surface area (Å²) in [7, 11) is 0. The molecule has 3 N–H and O–H groups in total. The number of hydrogen-bond acceptors (Lipinski definition) is 3. The Labute approximate surface area is 91.9 Å². The van der Waals surface area contributed by atoms with Crippen LogP contribution in [0.15, 0.2) is 12.8 Å². The standard InChI is InChI=1S/C11H22N2O2/c1-4-15-7-5-6-13-11(14)8-10(12)9(2)3/h4,9-10H,1,5-8,12H2,2-3H3,(H,13,14). The molecule has 0 spiro atoms. The third-order valence-corrected chi connectivity index (χ3v) is 2.16. The van der Waals surface area contributed by atoms with Crippen molar-refractivity contribution < 1.29 is 9.53 Å². The Morgan fingerprint density at radius 1 is 1.60 bits per heavy atom. The smallest absolute Gasteiger partial charge is 0.221 e. The summed E-state index contributed by atoms with van der Waals surface area (Å²) in [5, 5.41) is 2.79. The van der Waals surface area contributed by atoms with Gasteiger partial charge >= 0.3 is 0 Å². The van der Waals surface area contributed by atoms with Gasteiger partial charge in [-0.05, 0) is 12.3 Å². The highest BCUT2D eigenvalue weighted by atomic mass is 16.5. The molecule has 0 aromatic carbocycles. The normalized spacial score (nSPS) is 12.3. The van der Waals surface area contributed by atoms with Crippen LogP contribution < -0.4 is 11.1 Å². The zero-order valence-corrected chi connectivity index (χ0v) is 9.66. The zero-order chi connectivity index (χ0) is 11.7. The van der Waals surface area contributed by atoms with E-state index < -0.39 is 0 Å². The average Bonchev–Trinajstić information content (AvgIpc) is 2.17. The maximum absolute atomic E-state index is 11.3. The SMILES string of the molecule is C=COCCCNC(=O)CC(N)C(C)C. The number of nitrogens with two attached hydrogens (primary N) is 1. The van der Waals surface area contributed by atoms with Gasteiger partial charge < -0.3 is 15.8 Å². The summed E-state index contributed by atoms with van der Waals surface area (Å²) in [6, 6.07) is -0.0607. The number of hydrogen-bond donors (Lipinski definition) is 2. The van der Waals surface area contributed by atoms with Crippen LogP contribution in [0.2, 0.25) is 0 Å². The summed E-state index contributed by atoms with van der Waals surface area (Å²) < 4.78 is 4.92. The third kappa shape index (κ3) is 8.00. The maximum Gasteiger partial charge on any atom is 0.221 e. The topological polar surface area (TPSA) is 64.3 Å². The Bertz CT molecular complexity index is 193. The quantitative estimate of drug-likeness (QED) is 0.468. The zero-order valence-electron chi connectivity index (χ0n) is 9.66. The first kappa shape index (κ1) is 14.0. The van der Waals surface area contributed by atoms with Crippen LogP contribution in [0, 0.1) is 5.92 Å². The van der Waals surface area contributed by atoms with Crippen LogP contribution in [0.25, 0.3) is 0 Å². The van der Waals surface area contributed by atoms with Crippen LogP contribution in [0.1, 0.15) is 26.7 Å². The number of carbonyl (C=O) groups is 1. The summed E-state index contributed by atoms with van der Waals surface area (Å²) in [6.45, 7) is 8.65. The van der Waals surface area contributed by atoms with E-state index >= 15 is 0 Å². The Hall–Kier alpha value is -1.03. The summed E-state index contributed by atoms with van der Waals surface area (Å²) in [5.74, 6) is 0.342. The highest BCUT2D eigenvalue weighted by Gasteiger charge is 2.11. The lowest BCUT2D eigenvalue weighted by Crippen LogP contribution is -2.35. The molecule has 0 saturated heterocycles. The van der Waals surface area contributed by atoms with E-state index in [0.717, 1.165) is 6.42 Å². The van der Waals surface area contributed by atoms with E-state index in [1.807, 2.05) is 13.8 Å². The van der Waals surface area contributed by atoms with Gasteiger partial charge in [-0.2, -0.15) is 0 Å². The molecule has 0 fully saturated rings. The van der Waals surface area contributed by atoms with Gasteiger partial charge in [0, 0.05) is 19.0 Å². The van der Waals surface area contributed by atoms with Gasteiger partial charge in [-0.15, -0.1) is 0 Å². The van der Waals surface area contributed by atoms with Gasteiger partial charge in [0.15, 0.2) is 0 Å². The minimum absolute atomic E-state index is 0.00908. The molecule has 1 amide bonds. The maximum atomic E-state index is 11.3. The van der Waals surface area contributed by atoms with Crippen molar-refractivity contribution in [3.63, 3.8) is 0 Å². The molecule has 0 aromatic heterocycles. The summed E-state index contributed by atoms with van der Waals surface area (Å²) in [4.78, 5) is 11.3. The van der Waals surface area contributed by atoms with Crippen molar-refractivity contribution in [1.29, 1.82) is 0 Å². The molecule has 4 nitrogen and oxygen atoms in total. The summed E-state index contributed by atoms with van der Waals surface area (Å²) >= 11 is 0. The van der Waals surface area contributed by atoms with E-state index in [4.69, 9.17) is 10.5 Å². The molecule has 0 saturated carbocycles. The minimum Gasteiger partial charge on any atom is -0.502 e. The molecule has 0 aliphatic heterocycles. The van der Waals surface area contributed by atoms with Crippen LogP contribution in [0.5, 0.6) is 0 Å². The summed E-state index contributed by atoms with van der Waals surface area (Å²) in [6.07, 6.45) is 2.57. The van der Waals surface area contributed by atoms with Gasteiger partial charge in [-0.1, -0.05) is 20.4 Å². The molecule has 0 rings (SSSR count). The van der Waals surface area contributed by atoms with Crippen molar-refractivity contribution in [2.45, 2.75) is 32.7 Å². The second-order valence-corrected chi connectivity index (χ2v) is 3.85. The van der Waals surface area contributed by atoms with Gasteiger partial charge in [0.2, 0.25) is 5.91 Å². The molecule has 88 valence electrons. The lowest BCUT2D eigenvalue weighted by Gasteiger charge is -2.14. The van der Waals surface area contributed by atoms with Gasteiger partial charge in [0.05, 0.1) is 12.9 Å². The molecule has 0 heterocycles.